The molecule has 0 saturated carbocycles. The highest BCUT2D eigenvalue weighted by Gasteiger charge is 2.15. The van der Waals surface area contributed by atoms with Crippen molar-refractivity contribution in [1.29, 1.82) is 0 Å². The number of hydrogen-bond acceptors (Lipinski definition) is 4. The van der Waals surface area contributed by atoms with Gasteiger partial charge >= 0.3 is 0 Å². The molecule has 1 aromatic carbocycles. The third-order valence-electron chi connectivity index (χ3n) is 2.27. The van der Waals surface area contributed by atoms with Crippen LogP contribution in [0.3, 0.4) is 0 Å². The summed E-state index contributed by atoms with van der Waals surface area (Å²) in [5, 5.41) is 0. The number of sulfonamides is 1. The Balaban J connectivity index is 2.96. The molecule has 0 aliphatic carbocycles. The summed E-state index contributed by atoms with van der Waals surface area (Å²) in [4.78, 5) is 0.219. The lowest BCUT2D eigenvalue weighted by atomic mass is 10.2. The number of nitrogens with one attached hydrogen (secondary N) is 1. The molecule has 0 aliphatic rings. The third kappa shape index (κ3) is 3.69. The van der Waals surface area contributed by atoms with Crippen molar-refractivity contribution in [2.45, 2.75) is 24.8 Å². The van der Waals surface area contributed by atoms with Crippen LogP contribution in [0.4, 0.5) is 0 Å². The maximum Gasteiger partial charge on any atom is 0.240 e. The van der Waals surface area contributed by atoms with Gasteiger partial charge in [0.25, 0.3) is 0 Å². The summed E-state index contributed by atoms with van der Waals surface area (Å²) in [6.45, 7) is 3.75. The second kappa shape index (κ2) is 5.48. The standard InChI is InChI=1S/C11H18N2O3S/c1-8-6-10(4-5-11(8)16-3)17(14,15)13-7-9(2)12/h4-6,9,13H,7,12H2,1-3H3. The molecule has 0 bridgehead atoms. The lowest BCUT2D eigenvalue weighted by Gasteiger charge is -2.10. The van der Waals surface area contributed by atoms with Gasteiger partial charge in [0.2, 0.25) is 10.0 Å². The first-order valence-corrected chi connectivity index (χ1v) is 6.75. The predicted octanol–water partition coefficient (Wildman–Crippen LogP) is 0.629. The Kier molecular flexibility index (Phi) is 4.50. The van der Waals surface area contributed by atoms with E-state index in [0.29, 0.717) is 5.75 Å². The summed E-state index contributed by atoms with van der Waals surface area (Å²) in [7, 11) is -1.94. The maximum absolute atomic E-state index is 11.9. The summed E-state index contributed by atoms with van der Waals surface area (Å²) < 4.78 is 31.3. The Labute approximate surface area is 102 Å². The molecule has 0 amide bonds. The highest BCUT2D eigenvalue weighted by atomic mass is 32.2. The van der Waals surface area contributed by atoms with E-state index >= 15 is 0 Å². The Hall–Kier alpha value is -1.11. The molecule has 0 aliphatic heterocycles. The van der Waals surface area contributed by atoms with Crippen molar-refractivity contribution in [3.05, 3.63) is 23.8 Å². The van der Waals surface area contributed by atoms with Gasteiger partial charge < -0.3 is 10.5 Å². The third-order valence-corrected chi connectivity index (χ3v) is 3.69. The molecular formula is C11H18N2O3S. The van der Waals surface area contributed by atoms with Gasteiger partial charge in [0, 0.05) is 12.6 Å². The summed E-state index contributed by atoms with van der Waals surface area (Å²) >= 11 is 0. The second-order valence-electron chi connectivity index (χ2n) is 3.96. The molecule has 0 fully saturated rings. The summed E-state index contributed by atoms with van der Waals surface area (Å²) in [5.74, 6) is 0.663. The lowest BCUT2D eigenvalue weighted by molar-refractivity contribution is 0.411. The zero-order chi connectivity index (χ0) is 13.1. The van der Waals surface area contributed by atoms with Gasteiger partial charge in [-0.25, -0.2) is 13.1 Å². The fourth-order valence-corrected chi connectivity index (χ4v) is 2.57. The summed E-state index contributed by atoms with van der Waals surface area (Å²) in [6.07, 6.45) is 0. The van der Waals surface area contributed by atoms with Crippen LogP contribution < -0.4 is 15.2 Å². The van der Waals surface area contributed by atoms with Crippen LogP contribution in [-0.2, 0) is 10.0 Å². The Morgan fingerprint density at radius 3 is 2.59 bits per heavy atom. The minimum atomic E-state index is -3.49. The van der Waals surface area contributed by atoms with Crippen LogP contribution in [-0.4, -0.2) is 28.1 Å². The highest BCUT2D eigenvalue weighted by molar-refractivity contribution is 7.89. The summed E-state index contributed by atoms with van der Waals surface area (Å²) in [5.41, 5.74) is 6.28. The Bertz CT molecular complexity index is 483. The van der Waals surface area contributed by atoms with Crippen molar-refractivity contribution < 1.29 is 13.2 Å². The van der Waals surface area contributed by atoms with Crippen LogP contribution in [0.25, 0.3) is 0 Å². The van der Waals surface area contributed by atoms with Gasteiger partial charge in [-0.1, -0.05) is 0 Å². The number of rotatable bonds is 5. The fourth-order valence-electron chi connectivity index (χ4n) is 1.34. The van der Waals surface area contributed by atoms with Crippen LogP contribution in [0.1, 0.15) is 12.5 Å². The molecule has 0 radical (unpaired) electrons. The lowest BCUT2D eigenvalue weighted by Crippen LogP contribution is -2.35. The van der Waals surface area contributed by atoms with Gasteiger partial charge in [0.05, 0.1) is 12.0 Å². The van der Waals surface area contributed by atoms with Gasteiger partial charge in [-0.3, -0.25) is 0 Å². The van der Waals surface area contributed by atoms with E-state index in [1.54, 1.807) is 33.1 Å². The average Bonchev–Trinajstić information content (AvgIpc) is 2.26. The number of hydrogen-bond donors (Lipinski definition) is 2. The minimum Gasteiger partial charge on any atom is -0.496 e. The zero-order valence-corrected chi connectivity index (χ0v) is 11.0. The minimum absolute atomic E-state index is 0.216. The van der Waals surface area contributed by atoms with Gasteiger partial charge in [0.1, 0.15) is 5.75 Å². The molecule has 1 unspecified atom stereocenters. The van der Waals surface area contributed by atoms with E-state index in [1.165, 1.54) is 6.07 Å². The molecule has 96 valence electrons. The number of ether oxygens (including phenoxy) is 1. The molecule has 5 nitrogen and oxygen atoms in total. The molecule has 1 atom stereocenters. The molecule has 6 heteroatoms. The van der Waals surface area contributed by atoms with Crippen molar-refractivity contribution in [3.63, 3.8) is 0 Å². The van der Waals surface area contributed by atoms with E-state index in [9.17, 15) is 8.42 Å². The molecule has 1 aromatic rings. The van der Waals surface area contributed by atoms with Crippen LogP contribution in [0.15, 0.2) is 23.1 Å². The van der Waals surface area contributed by atoms with Crippen molar-refractivity contribution in [2.24, 2.45) is 5.73 Å². The van der Waals surface area contributed by atoms with E-state index in [0.717, 1.165) is 5.56 Å². The first kappa shape index (κ1) is 14.0. The number of aryl methyl sites for hydroxylation is 1. The fraction of sp³-hybridized carbons (Fsp3) is 0.455. The smallest absolute Gasteiger partial charge is 0.240 e. The van der Waals surface area contributed by atoms with Crippen molar-refractivity contribution >= 4 is 10.0 Å². The Morgan fingerprint density at radius 2 is 2.12 bits per heavy atom. The van der Waals surface area contributed by atoms with E-state index < -0.39 is 10.0 Å². The number of methoxy groups -OCH3 is 1. The van der Waals surface area contributed by atoms with E-state index in [-0.39, 0.29) is 17.5 Å². The first-order chi connectivity index (χ1) is 7.86. The Morgan fingerprint density at radius 1 is 1.47 bits per heavy atom. The van der Waals surface area contributed by atoms with Gasteiger partial charge in [-0.15, -0.1) is 0 Å². The van der Waals surface area contributed by atoms with Gasteiger partial charge in [0.15, 0.2) is 0 Å². The van der Waals surface area contributed by atoms with Crippen LogP contribution >= 0.6 is 0 Å². The SMILES string of the molecule is COc1ccc(S(=O)(=O)NCC(C)N)cc1C. The normalized spacial score (nSPS) is 13.4. The molecule has 0 spiro atoms. The van der Waals surface area contributed by atoms with Gasteiger partial charge in [-0.05, 0) is 37.6 Å². The van der Waals surface area contributed by atoms with Crippen LogP contribution in [0, 0.1) is 6.92 Å². The van der Waals surface area contributed by atoms with Gasteiger partial charge in [-0.2, -0.15) is 0 Å². The molecular weight excluding hydrogens is 240 g/mol. The molecule has 0 saturated heterocycles. The average molecular weight is 258 g/mol. The quantitative estimate of drug-likeness (QED) is 0.811. The van der Waals surface area contributed by atoms with Crippen molar-refractivity contribution in [2.75, 3.05) is 13.7 Å². The van der Waals surface area contributed by atoms with E-state index in [1.807, 2.05) is 0 Å². The van der Waals surface area contributed by atoms with Crippen molar-refractivity contribution in [3.8, 4) is 5.75 Å². The molecule has 0 heterocycles. The van der Waals surface area contributed by atoms with E-state index in [2.05, 4.69) is 4.72 Å². The molecule has 17 heavy (non-hydrogen) atoms. The molecule has 3 N–H and O–H groups in total. The number of benzene rings is 1. The van der Waals surface area contributed by atoms with E-state index in [4.69, 9.17) is 10.5 Å². The maximum atomic E-state index is 11.9. The first-order valence-electron chi connectivity index (χ1n) is 5.26. The second-order valence-corrected chi connectivity index (χ2v) is 5.73. The monoisotopic (exact) mass is 258 g/mol. The highest BCUT2D eigenvalue weighted by Crippen LogP contribution is 2.21. The molecule has 1 rings (SSSR count). The topological polar surface area (TPSA) is 81.4 Å². The van der Waals surface area contributed by atoms with Crippen LogP contribution in [0.2, 0.25) is 0 Å². The number of nitrogens with two attached hydrogens (primary N) is 1. The van der Waals surface area contributed by atoms with Crippen molar-refractivity contribution in [1.82, 2.24) is 4.72 Å². The largest absolute Gasteiger partial charge is 0.496 e. The summed E-state index contributed by atoms with van der Waals surface area (Å²) in [6, 6.07) is 4.50. The zero-order valence-electron chi connectivity index (χ0n) is 10.2. The van der Waals surface area contributed by atoms with Crippen LogP contribution in [0.5, 0.6) is 5.75 Å². The molecule has 0 aromatic heterocycles. The predicted molar refractivity (Wildman–Crippen MR) is 66.6 cm³/mol.